The summed E-state index contributed by atoms with van der Waals surface area (Å²) >= 11 is 0. The average molecular weight is 341 g/mol. The quantitative estimate of drug-likeness (QED) is 0.624. The lowest BCUT2D eigenvalue weighted by Gasteiger charge is -2.22. The van der Waals surface area contributed by atoms with Crippen LogP contribution >= 0.6 is 0 Å². The third-order valence-corrected chi connectivity index (χ3v) is 4.92. The molecule has 1 aromatic rings. The number of likely N-dealkylation sites (tertiary alicyclic amines) is 1. The summed E-state index contributed by atoms with van der Waals surface area (Å²) in [4.78, 5) is 34.5. The van der Waals surface area contributed by atoms with Gasteiger partial charge < -0.3 is 4.90 Å². The Labute approximate surface area is 132 Å². The summed E-state index contributed by atoms with van der Waals surface area (Å²) in [6.07, 6.45) is 1.01. The predicted octanol–water partition coefficient (Wildman–Crippen LogP) is 0.411. The highest BCUT2D eigenvalue weighted by molar-refractivity contribution is 7.90. The number of non-ortho nitro benzene ring substituents is 1. The first-order valence-corrected chi connectivity index (χ1v) is 8.29. The lowest BCUT2D eigenvalue weighted by Crippen LogP contribution is -2.46. The second-order valence-corrected chi connectivity index (χ2v) is 6.77. The van der Waals surface area contributed by atoms with Crippen LogP contribution in [0.3, 0.4) is 0 Å². The third-order valence-electron chi connectivity index (χ3n) is 3.55. The summed E-state index contributed by atoms with van der Waals surface area (Å²) in [7, 11) is -4.15. The Balaban J connectivity index is 2.16. The van der Waals surface area contributed by atoms with Crippen LogP contribution in [0.5, 0.6) is 0 Å². The minimum atomic E-state index is -4.15. The van der Waals surface area contributed by atoms with Crippen LogP contribution in [-0.4, -0.2) is 42.6 Å². The number of nitrogens with one attached hydrogen (secondary N) is 1. The third kappa shape index (κ3) is 3.65. The first-order valence-electron chi connectivity index (χ1n) is 6.80. The number of carbonyl (C=O) groups is 2. The van der Waals surface area contributed by atoms with Crippen LogP contribution in [0.25, 0.3) is 0 Å². The standard InChI is InChI=1S/C13H15N3O6S/c1-9(17)15-8-2-3-12(15)13(18)14-23(21,22)11-6-4-10(5-7-11)16(19)20/h4-7,12H,2-3,8H2,1H3,(H,14,18)/t12-/m0/s1. The largest absolute Gasteiger partial charge is 0.331 e. The monoisotopic (exact) mass is 341 g/mol. The van der Waals surface area contributed by atoms with Crippen molar-refractivity contribution in [3.05, 3.63) is 34.4 Å². The molecule has 10 heteroatoms. The van der Waals surface area contributed by atoms with Gasteiger partial charge in [-0.15, -0.1) is 0 Å². The second kappa shape index (κ2) is 6.32. The summed E-state index contributed by atoms with van der Waals surface area (Å²) in [5.74, 6) is -1.08. The van der Waals surface area contributed by atoms with E-state index in [4.69, 9.17) is 0 Å². The average Bonchev–Trinajstić information content (AvgIpc) is 2.96. The normalized spacial score (nSPS) is 17.8. The number of sulfonamides is 1. The fourth-order valence-electron chi connectivity index (χ4n) is 2.42. The minimum absolute atomic E-state index is 0.256. The molecule has 0 bridgehead atoms. The highest BCUT2D eigenvalue weighted by atomic mass is 32.2. The molecule has 2 amide bonds. The van der Waals surface area contributed by atoms with Gasteiger partial charge in [-0.3, -0.25) is 19.7 Å². The lowest BCUT2D eigenvalue weighted by molar-refractivity contribution is -0.384. The number of nitro benzene ring substituents is 1. The Morgan fingerprint density at radius 1 is 1.30 bits per heavy atom. The van der Waals surface area contributed by atoms with Crippen LogP contribution in [-0.2, 0) is 19.6 Å². The summed E-state index contributed by atoms with van der Waals surface area (Å²) < 4.78 is 26.2. The molecule has 1 aliphatic rings. The van der Waals surface area contributed by atoms with Gasteiger partial charge in [-0.25, -0.2) is 13.1 Å². The molecule has 1 aliphatic heterocycles. The summed E-state index contributed by atoms with van der Waals surface area (Å²) in [5, 5.41) is 10.6. The van der Waals surface area contributed by atoms with Crippen molar-refractivity contribution in [3.8, 4) is 0 Å². The number of hydrogen-bond acceptors (Lipinski definition) is 6. The molecule has 0 radical (unpaired) electrons. The van der Waals surface area contributed by atoms with Crippen LogP contribution in [0.15, 0.2) is 29.2 Å². The van der Waals surface area contributed by atoms with Gasteiger partial charge in [0.1, 0.15) is 6.04 Å². The molecule has 0 aliphatic carbocycles. The van der Waals surface area contributed by atoms with E-state index >= 15 is 0 Å². The van der Waals surface area contributed by atoms with Gasteiger partial charge in [0.2, 0.25) is 5.91 Å². The molecule has 0 unspecified atom stereocenters. The first kappa shape index (κ1) is 16.9. The van der Waals surface area contributed by atoms with Crippen molar-refractivity contribution in [3.63, 3.8) is 0 Å². The van der Waals surface area contributed by atoms with Gasteiger partial charge in [0.25, 0.3) is 21.6 Å². The SMILES string of the molecule is CC(=O)N1CCC[C@H]1C(=O)NS(=O)(=O)c1ccc([N+](=O)[O-])cc1. The van der Waals surface area contributed by atoms with Gasteiger partial charge in [-0.05, 0) is 25.0 Å². The van der Waals surface area contributed by atoms with E-state index in [2.05, 4.69) is 0 Å². The lowest BCUT2D eigenvalue weighted by atomic mass is 10.2. The zero-order valence-electron chi connectivity index (χ0n) is 12.3. The van der Waals surface area contributed by atoms with E-state index in [-0.39, 0.29) is 16.5 Å². The van der Waals surface area contributed by atoms with E-state index in [1.165, 1.54) is 11.8 Å². The van der Waals surface area contributed by atoms with Crippen molar-refractivity contribution in [2.75, 3.05) is 6.54 Å². The van der Waals surface area contributed by atoms with Gasteiger partial charge in [0.05, 0.1) is 9.82 Å². The molecule has 1 atom stereocenters. The van der Waals surface area contributed by atoms with Gasteiger partial charge in [0.15, 0.2) is 0 Å². The number of nitro groups is 1. The fourth-order valence-corrected chi connectivity index (χ4v) is 3.44. The Morgan fingerprint density at radius 2 is 1.91 bits per heavy atom. The zero-order valence-corrected chi connectivity index (χ0v) is 13.1. The molecule has 0 saturated carbocycles. The number of nitrogens with zero attached hydrogens (tertiary/aromatic N) is 2. The number of carbonyl (C=O) groups excluding carboxylic acids is 2. The molecule has 1 fully saturated rings. The van der Waals surface area contributed by atoms with Gasteiger partial charge in [0, 0.05) is 25.6 Å². The Morgan fingerprint density at radius 3 is 2.43 bits per heavy atom. The topological polar surface area (TPSA) is 127 Å². The molecule has 9 nitrogen and oxygen atoms in total. The molecule has 0 aromatic heterocycles. The number of amides is 2. The first-order chi connectivity index (χ1) is 10.7. The van der Waals surface area contributed by atoms with Gasteiger partial charge in [-0.1, -0.05) is 0 Å². The fraction of sp³-hybridized carbons (Fsp3) is 0.385. The highest BCUT2D eigenvalue weighted by Gasteiger charge is 2.34. The van der Waals surface area contributed by atoms with Gasteiger partial charge >= 0.3 is 0 Å². The van der Waals surface area contributed by atoms with E-state index in [1.807, 2.05) is 4.72 Å². The van der Waals surface area contributed by atoms with E-state index in [0.717, 1.165) is 24.3 Å². The predicted molar refractivity (Wildman–Crippen MR) is 78.8 cm³/mol. The van der Waals surface area contributed by atoms with Crippen LogP contribution < -0.4 is 4.72 Å². The van der Waals surface area contributed by atoms with E-state index in [9.17, 15) is 28.1 Å². The van der Waals surface area contributed by atoms with Gasteiger partial charge in [-0.2, -0.15) is 0 Å². The molecule has 1 heterocycles. The van der Waals surface area contributed by atoms with Crippen molar-refractivity contribution < 1.29 is 22.9 Å². The number of benzene rings is 1. The molecule has 1 N–H and O–H groups in total. The molecule has 124 valence electrons. The minimum Gasteiger partial charge on any atom is -0.331 e. The molecule has 0 spiro atoms. The Bertz CT molecular complexity index is 743. The van der Waals surface area contributed by atoms with Crippen molar-refractivity contribution >= 4 is 27.5 Å². The molecular formula is C13H15N3O6S. The summed E-state index contributed by atoms with van der Waals surface area (Å²) in [5.41, 5.74) is -0.256. The maximum absolute atomic E-state index is 12.2. The molecular weight excluding hydrogens is 326 g/mol. The van der Waals surface area contributed by atoms with Crippen LogP contribution in [0.4, 0.5) is 5.69 Å². The number of hydrogen-bond donors (Lipinski definition) is 1. The zero-order chi connectivity index (χ0) is 17.2. The molecule has 2 rings (SSSR count). The van der Waals surface area contributed by atoms with E-state index in [0.29, 0.717) is 19.4 Å². The molecule has 1 saturated heterocycles. The van der Waals surface area contributed by atoms with Crippen molar-refractivity contribution in [2.45, 2.75) is 30.7 Å². The van der Waals surface area contributed by atoms with E-state index in [1.54, 1.807) is 0 Å². The van der Waals surface area contributed by atoms with Crippen molar-refractivity contribution in [1.29, 1.82) is 0 Å². The number of rotatable bonds is 4. The van der Waals surface area contributed by atoms with Crippen molar-refractivity contribution in [1.82, 2.24) is 9.62 Å². The van der Waals surface area contributed by atoms with Crippen molar-refractivity contribution in [2.24, 2.45) is 0 Å². The van der Waals surface area contributed by atoms with Crippen LogP contribution in [0.1, 0.15) is 19.8 Å². The van der Waals surface area contributed by atoms with E-state index < -0.39 is 26.9 Å². The summed E-state index contributed by atoms with van der Waals surface area (Å²) in [6.45, 7) is 1.72. The maximum Gasteiger partial charge on any atom is 0.269 e. The summed E-state index contributed by atoms with van der Waals surface area (Å²) in [6, 6.07) is 3.35. The Kier molecular flexibility index (Phi) is 4.64. The molecule has 1 aromatic carbocycles. The van der Waals surface area contributed by atoms with Crippen LogP contribution in [0.2, 0.25) is 0 Å². The smallest absolute Gasteiger partial charge is 0.269 e. The maximum atomic E-state index is 12.2. The highest BCUT2D eigenvalue weighted by Crippen LogP contribution is 2.19. The van der Waals surface area contributed by atoms with Crippen LogP contribution in [0, 0.1) is 10.1 Å². The Hall–Kier alpha value is -2.49. The molecule has 23 heavy (non-hydrogen) atoms. The second-order valence-electron chi connectivity index (χ2n) is 5.09.